The number of hydrogen-bond acceptors (Lipinski definition) is 3. The lowest BCUT2D eigenvalue weighted by atomic mass is 10.2. The number of aryl methyl sites for hydroxylation is 1. The molecule has 0 saturated heterocycles. The van der Waals surface area contributed by atoms with Crippen LogP contribution in [0.5, 0.6) is 0 Å². The van der Waals surface area contributed by atoms with E-state index in [1.54, 1.807) is 12.4 Å². The van der Waals surface area contributed by atoms with E-state index in [-0.39, 0.29) is 0 Å². The molecule has 2 aromatic rings. The van der Waals surface area contributed by atoms with Crippen molar-refractivity contribution < 1.29 is 0 Å². The highest BCUT2D eigenvalue weighted by atomic mass is 15.2. The van der Waals surface area contributed by atoms with Gasteiger partial charge in [-0.2, -0.15) is 0 Å². The molecule has 0 bridgehead atoms. The minimum absolute atomic E-state index is 0.710. The molecular weight excluding hydrogens is 210 g/mol. The topological polar surface area (TPSA) is 29.0 Å². The molecule has 0 aliphatic carbocycles. The number of rotatable bonds is 2. The molecular formula is C14H19N3. The summed E-state index contributed by atoms with van der Waals surface area (Å²) in [5, 5.41) is 0. The van der Waals surface area contributed by atoms with Crippen molar-refractivity contribution in [1.82, 2.24) is 9.97 Å². The summed E-state index contributed by atoms with van der Waals surface area (Å²) < 4.78 is 0. The average molecular weight is 229 g/mol. The lowest BCUT2D eigenvalue weighted by molar-refractivity contribution is 1.04. The van der Waals surface area contributed by atoms with Crippen LogP contribution in [0.15, 0.2) is 42.7 Å². The Morgan fingerprint density at radius 3 is 2.00 bits per heavy atom. The summed E-state index contributed by atoms with van der Waals surface area (Å²) >= 11 is 0. The zero-order chi connectivity index (χ0) is 12.7. The third kappa shape index (κ3) is 3.55. The predicted molar refractivity (Wildman–Crippen MR) is 72.6 cm³/mol. The van der Waals surface area contributed by atoms with Gasteiger partial charge in [-0.05, 0) is 25.1 Å². The molecule has 0 fully saturated rings. The van der Waals surface area contributed by atoms with E-state index in [1.165, 1.54) is 5.56 Å². The Bertz CT molecular complexity index is 423. The molecule has 0 radical (unpaired) electrons. The van der Waals surface area contributed by atoms with Gasteiger partial charge in [0.1, 0.15) is 0 Å². The predicted octanol–water partition coefficient (Wildman–Crippen LogP) is 3.58. The highest BCUT2D eigenvalue weighted by Crippen LogP contribution is 2.19. The standard InChI is InChI=1S/C12H13N3.C2H6/c1-10-4-6-11(7-5-10)15(2)12-13-8-3-9-14-12;1-2/h3-9H,1-2H3;1-2H3. The second kappa shape index (κ2) is 6.63. The lowest BCUT2D eigenvalue weighted by Gasteiger charge is -2.16. The molecule has 1 aromatic carbocycles. The molecule has 1 aromatic heterocycles. The maximum absolute atomic E-state index is 4.19. The lowest BCUT2D eigenvalue weighted by Crippen LogP contribution is -2.12. The summed E-state index contributed by atoms with van der Waals surface area (Å²) in [7, 11) is 1.96. The SMILES string of the molecule is CC.Cc1ccc(N(C)c2ncccn2)cc1. The normalized spacial score (nSPS) is 9.18. The van der Waals surface area contributed by atoms with Gasteiger partial charge in [-0.25, -0.2) is 9.97 Å². The summed E-state index contributed by atoms with van der Waals surface area (Å²) in [5.41, 5.74) is 2.34. The van der Waals surface area contributed by atoms with Gasteiger partial charge >= 0.3 is 0 Å². The van der Waals surface area contributed by atoms with Crippen LogP contribution in [0.25, 0.3) is 0 Å². The number of nitrogens with zero attached hydrogens (tertiary/aromatic N) is 3. The maximum Gasteiger partial charge on any atom is 0.229 e. The first kappa shape index (κ1) is 13.2. The molecule has 0 amide bonds. The fourth-order valence-corrected chi connectivity index (χ4v) is 1.35. The second-order valence-electron chi connectivity index (χ2n) is 3.44. The van der Waals surface area contributed by atoms with Crippen molar-refractivity contribution in [1.29, 1.82) is 0 Å². The summed E-state index contributed by atoms with van der Waals surface area (Å²) in [5.74, 6) is 0.710. The third-order valence-corrected chi connectivity index (χ3v) is 2.27. The van der Waals surface area contributed by atoms with Gasteiger partial charge in [0.25, 0.3) is 0 Å². The van der Waals surface area contributed by atoms with Crippen molar-refractivity contribution in [2.24, 2.45) is 0 Å². The van der Waals surface area contributed by atoms with E-state index in [0.29, 0.717) is 5.95 Å². The molecule has 3 heteroatoms. The van der Waals surface area contributed by atoms with E-state index in [4.69, 9.17) is 0 Å². The number of aromatic nitrogens is 2. The molecule has 1 heterocycles. The summed E-state index contributed by atoms with van der Waals surface area (Å²) in [4.78, 5) is 10.3. The molecule has 3 nitrogen and oxygen atoms in total. The zero-order valence-corrected chi connectivity index (χ0v) is 10.9. The van der Waals surface area contributed by atoms with Crippen LogP contribution in [0.4, 0.5) is 11.6 Å². The van der Waals surface area contributed by atoms with Crippen molar-refractivity contribution >= 4 is 11.6 Å². The molecule has 0 aliphatic rings. The third-order valence-electron chi connectivity index (χ3n) is 2.27. The van der Waals surface area contributed by atoms with Crippen LogP contribution in [0, 0.1) is 6.92 Å². The van der Waals surface area contributed by atoms with E-state index in [9.17, 15) is 0 Å². The second-order valence-corrected chi connectivity index (χ2v) is 3.44. The van der Waals surface area contributed by atoms with Crippen molar-refractivity contribution in [3.05, 3.63) is 48.3 Å². The Labute approximate surface area is 103 Å². The van der Waals surface area contributed by atoms with Crippen molar-refractivity contribution in [2.75, 3.05) is 11.9 Å². The van der Waals surface area contributed by atoms with Gasteiger partial charge in [0.05, 0.1) is 0 Å². The van der Waals surface area contributed by atoms with E-state index >= 15 is 0 Å². The molecule has 0 N–H and O–H groups in total. The Hall–Kier alpha value is -1.90. The maximum atomic E-state index is 4.19. The first-order valence-corrected chi connectivity index (χ1v) is 5.85. The fraction of sp³-hybridized carbons (Fsp3) is 0.286. The molecule has 2 rings (SSSR count). The number of anilines is 2. The summed E-state index contributed by atoms with van der Waals surface area (Å²) in [6.45, 7) is 6.07. The molecule has 17 heavy (non-hydrogen) atoms. The van der Waals surface area contributed by atoms with Crippen LogP contribution in [-0.4, -0.2) is 17.0 Å². The zero-order valence-electron chi connectivity index (χ0n) is 10.9. The first-order chi connectivity index (χ1) is 8.27. The monoisotopic (exact) mass is 229 g/mol. The van der Waals surface area contributed by atoms with Crippen LogP contribution < -0.4 is 4.90 Å². The van der Waals surface area contributed by atoms with E-state index in [0.717, 1.165) is 5.69 Å². The van der Waals surface area contributed by atoms with Crippen LogP contribution in [-0.2, 0) is 0 Å². The number of hydrogen-bond donors (Lipinski definition) is 0. The van der Waals surface area contributed by atoms with E-state index < -0.39 is 0 Å². The van der Waals surface area contributed by atoms with Crippen LogP contribution in [0.2, 0.25) is 0 Å². The minimum atomic E-state index is 0.710. The van der Waals surface area contributed by atoms with Crippen LogP contribution in [0.3, 0.4) is 0 Å². The average Bonchev–Trinajstić information content (AvgIpc) is 2.42. The quantitative estimate of drug-likeness (QED) is 0.788. The van der Waals surface area contributed by atoms with Crippen LogP contribution in [0.1, 0.15) is 19.4 Å². The van der Waals surface area contributed by atoms with Gasteiger partial charge in [0.15, 0.2) is 0 Å². The molecule has 0 atom stereocenters. The summed E-state index contributed by atoms with van der Waals surface area (Å²) in [6.07, 6.45) is 3.49. The van der Waals surface area contributed by atoms with Crippen LogP contribution >= 0.6 is 0 Å². The minimum Gasteiger partial charge on any atom is -0.314 e. The van der Waals surface area contributed by atoms with Crippen molar-refractivity contribution in [3.8, 4) is 0 Å². The van der Waals surface area contributed by atoms with E-state index in [2.05, 4.69) is 41.2 Å². The van der Waals surface area contributed by atoms with Crippen molar-refractivity contribution in [2.45, 2.75) is 20.8 Å². The van der Waals surface area contributed by atoms with Gasteiger partial charge in [-0.1, -0.05) is 31.5 Å². The molecule has 0 aliphatic heterocycles. The van der Waals surface area contributed by atoms with Gasteiger partial charge in [-0.15, -0.1) is 0 Å². The van der Waals surface area contributed by atoms with Gasteiger partial charge in [0, 0.05) is 25.1 Å². The molecule has 90 valence electrons. The van der Waals surface area contributed by atoms with Gasteiger partial charge in [-0.3, -0.25) is 0 Å². The number of benzene rings is 1. The Morgan fingerprint density at radius 2 is 1.47 bits per heavy atom. The molecule has 0 saturated carbocycles. The smallest absolute Gasteiger partial charge is 0.229 e. The van der Waals surface area contributed by atoms with E-state index in [1.807, 2.05) is 31.9 Å². The fourth-order valence-electron chi connectivity index (χ4n) is 1.35. The highest BCUT2D eigenvalue weighted by molar-refractivity contribution is 5.56. The summed E-state index contributed by atoms with van der Waals surface area (Å²) in [6, 6.07) is 10.1. The van der Waals surface area contributed by atoms with Gasteiger partial charge in [0.2, 0.25) is 5.95 Å². The van der Waals surface area contributed by atoms with Crippen molar-refractivity contribution in [3.63, 3.8) is 0 Å². The Balaban J connectivity index is 0.000000686. The Morgan fingerprint density at radius 1 is 0.941 bits per heavy atom. The van der Waals surface area contributed by atoms with Gasteiger partial charge < -0.3 is 4.90 Å². The largest absolute Gasteiger partial charge is 0.314 e. The Kier molecular flexibility index (Phi) is 5.14. The molecule has 0 spiro atoms. The first-order valence-electron chi connectivity index (χ1n) is 5.85. The molecule has 0 unspecified atom stereocenters. The highest BCUT2D eigenvalue weighted by Gasteiger charge is 2.04.